The lowest BCUT2D eigenvalue weighted by molar-refractivity contribution is -0.123. The van der Waals surface area contributed by atoms with Gasteiger partial charge in [0.1, 0.15) is 0 Å². The van der Waals surface area contributed by atoms with Gasteiger partial charge in [-0.3, -0.25) is 9.59 Å². The van der Waals surface area contributed by atoms with Crippen molar-refractivity contribution < 1.29 is 14.3 Å². The molecule has 1 aliphatic heterocycles. The molecule has 0 spiro atoms. The summed E-state index contributed by atoms with van der Waals surface area (Å²) < 4.78 is 4.86. The number of ether oxygens (including phenoxy) is 1. The van der Waals surface area contributed by atoms with Gasteiger partial charge in [-0.25, -0.2) is 0 Å². The number of benzene rings is 1. The molecule has 0 fully saturated rings. The van der Waals surface area contributed by atoms with Gasteiger partial charge in [-0.15, -0.1) is 0 Å². The second-order valence-corrected chi connectivity index (χ2v) is 4.93. The van der Waals surface area contributed by atoms with Gasteiger partial charge in [0.25, 0.3) is 0 Å². The molecule has 20 heavy (non-hydrogen) atoms. The molecule has 0 unspecified atom stereocenters. The van der Waals surface area contributed by atoms with Crippen LogP contribution in [0.3, 0.4) is 0 Å². The zero-order valence-electron chi connectivity index (χ0n) is 11.6. The Morgan fingerprint density at radius 3 is 3.05 bits per heavy atom. The zero-order valence-corrected chi connectivity index (χ0v) is 11.6. The molecular formula is C15H20N2O3. The minimum Gasteiger partial charge on any atom is -0.383 e. The molecule has 5 nitrogen and oxygen atoms in total. The first-order valence-electron chi connectivity index (χ1n) is 6.85. The lowest BCUT2D eigenvalue weighted by atomic mass is 9.89. The van der Waals surface area contributed by atoms with Gasteiger partial charge in [0.05, 0.1) is 6.61 Å². The molecular weight excluding hydrogens is 256 g/mol. The molecule has 1 heterocycles. The molecule has 0 radical (unpaired) electrons. The largest absolute Gasteiger partial charge is 0.383 e. The molecule has 1 aliphatic rings. The van der Waals surface area contributed by atoms with Gasteiger partial charge in [0, 0.05) is 31.7 Å². The van der Waals surface area contributed by atoms with E-state index in [4.69, 9.17) is 4.74 Å². The van der Waals surface area contributed by atoms with Gasteiger partial charge in [-0.2, -0.15) is 0 Å². The monoisotopic (exact) mass is 276 g/mol. The predicted molar refractivity (Wildman–Crippen MR) is 76.4 cm³/mol. The van der Waals surface area contributed by atoms with Crippen LogP contribution in [-0.2, 0) is 20.7 Å². The highest BCUT2D eigenvalue weighted by Gasteiger charge is 2.25. The van der Waals surface area contributed by atoms with E-state index in [1.165, 1.54) is 0 Å². The van der Waals surface area contributed by atoms with E-state index in [0.29, 0.717) is 32.4 Å². The van der Waals surface area contributed by atoms with Crippen molar-refractivity contribution in [2.45, 2.75) is 19.3 Å². The molecule has 0 saturated carbocycles. The minimum atomic E-state index is -0.127. The summed E-state index contributed by atoms with van der Waals surface area (Å²) in [6.45, 7) is 1.01. The van der Waals surface area contributed by atoms with E-state index < -0.39 is 0 Å². The van der Waals surface area contributed by atoms with Crippen molar-refractivity contribution >= 4 is 17.5 Å². The quantitative estimate of drug-likeness (QED) is 0.770. The number of carbonyl (C=O) groups is 2. The maximum Gasteiger partial charge on any atom is 0.227 e. The molecule has 5 heteroatoms. The number of anilines is 1. The van der Waals surface area contributed by atoms with Crippen molar-refractivity contribution in [3.63, 3.8) is 0 Å². The highest BCUT2D eigenvalue weighted by molar-refractivity contribution is 5.96. The average molecular weight is 276 g/mol. The van der Waals surface area contributed by atoms with Gasteiger partial charge in [0.2, 0.25) is 11.8 Å². The molecule has 108 valence electrons. The van der Waals surface area contributed by atoms with E-state index in [-0.39, 0.29) is 17.7 Å². The number of rotatable bonds is 6. The normalized spacial score (nSPS) is 17.2. The molecule has 1 aromatic rings. The molecule has 1 aromatic carbocycles. The van der Waals surface area contributed by atoms with Crippen LogP contribution in [0.25, 0.3) is 0 Å². The van der Waals surface area contributed by atoms with E-state index in [9.17, 15) is 9.59 Å². The first-order valence-corrected chi connectivity index (χ1v) is 6.85. The molecule has 0 bridgehead atoms. The van der Waals surface area contributed by atoms with E-state index in [1.54, 1.807) is 7.11 Å². The maximum atomic E-state index is 12.0. The summed E-state index contributed by atoms with van der Waals surface area (Å²) in [5.74, 6) is -0.153. The number of amides is 2. The summed E-state index contributed by atoms with van der Waals surface area (Å²) in [5, 5.41) is 5.66. The smallest absolute Gasteiger partial charge is 0.227 e. The highest BCUT2D eigenvalue weighted by Crippen LogP contribution is 2.27. The third-order valence-corrected chi connectivity index (χ3v) is 3.46. The van der Waals surface area contributed by atoms with Crippen LogP contribution in [0.2, 0.25) is 0 Å². The molecule has 0 saturated heterocycles. The van der Waals surface area contributed by atoms with Crippen LogP contribution in [0.15, 0.2) is 24.3 Å². The Balaban J connectivity index is 1.82. The number of carbonyl (C=O) groups excluding carboxylic acids is 2. The van der Waals surface area contributed by atoms with Gasteiger partial charge in [-0.1, -0.05) is 18.2 Å². The van der Waals surface area contributed by atoms with E-state index in [2.05, 4.69) is 10.6 Å². The summed E-state index contributed by atoms with van der Waals surface area (Å²) in [6.07, 6.45) is 1.64. The molecule has 1 atom stereocenters. The van der Waals surface area contributed by atoms with Crippen LogP contribution in [0.1, 0.15) is 18.4 Å². The summed E-state index contributed by atoms with van der Waals surface area (Å²) in [6, 6.07) is 7.79. The number of hydrogen-bond donors (Lipinski definition) is 2. The second-order valence-electron chi connectivity index (χ2n) is 4.93. The summed E-state index contributed by atoms with van der Waals surface area (Å²) in [7, 11) is 1.59. The van der Waals surface area contributed by atoms with Crippen molar-refractivity contribution in [2.75, 3.05) is 25.6 Å². The fourth-order valence-electron chi connectivity index (χ4n) is 2.33. The maximum absolute atomic E-state index is 12.0. The zero-order chi connectivity index (χ0) is 14.4. The molecule has 0 aliphatic carbocycles. The number of nitrogens with one attached hydrogen (secondary N) is 2. The first kappa shape index (κ1) is 14.5. The van der Waals surface area contributed by atoms with Crippen LogP contribution in [-0.4, -0.2) is 32.1 Å². The fourth-order valence-corrected chi connectivity index (χ4v) is 2.33. The lowest BCUT2D eigenvalue weighted by Gasteiger charge is -2.24. The van der Waals surface area contributed by atoms with Crippen LogP contribution >= 0.6 is 0 Å². The molecule has 2 amide bonds. The van der Waals surface area contributed by atoms with E-state index in [0.717, 1.165) is 11.3 Å². The van der Waals surface area contributed by atoms with Crippen molar-refractivity contribution in [2.24, 2.45) is 5.92 Å². The standard InChI is InChI=1S/C15H20N2O3/c1-20-9-8-16-14(18)7-6-12-10-11-4-2-3-5-13(11)17-15(12)19/h2-5,12H,6-10H2,1H3,(H,16,18)(H,17,19)/t12-/m0/s1. The second kappa shape index (κ2) is 7.05. The van der Waals surface area contributed by atoms with Crippen LogP contribution < -0.4 is 10.6 Å². The minimum absolute atomic E-state index is 0.00777. The van der Waals surface area contributed by atoms with Crippen LogP contribution in [0.5, 0.6) is 0 Å². The molecule has 2 rings (SSSR count). The van der Waals surface area contributed by atoms with Crippen molar-refractivity contribution in [1.82, 2.24) is 5.32 Å². The van der Waals surface area contributed by atoms with Crippen molar-refractivity contribution in [3.8, 4) is 0 Å². The van der Waals surface area contributed by atoms with Crippen LogP contribution in [0, 0.1) is 5.92 Å². The van der Waals surface area contributed by atoms with Crippen molar-refractivity contribution in [1.29, 1.82) is 0 Å². The Morgan fingerprint density at radius 2 is 2.25 bits per heavy atom. The molecule has 2 N–H and O–H groups in total. The Bertz CT molecular complexity index is 488. The number of hydrogen-bond acceptors (Lipinski definition) is 3. The SMILES string of the molecule is COCCNC(=O)CC[C@H]1Cc2ccccc2NC1=O. The Morgan fingerprint density at radius 1 is 1.45 bits per heavy atom. The third-order valence-electron chi connectivity index (χ3n) is 3.46. The number of fused-ring (bicyclic) bond motifs is 1. The van der Waals surface area contributed by atoms with Gasteiger partial charge in [0.15, 0.2) is 0 Å². The fraction of sp³-hybridized carbons (Fsp3) is 0.467. The molecule has 0 aromatic heterocycles. The Kier molecular flexibility index (Phi) is 5.12. The van der Waals surface area contributed by atoms with Gasteiger partial charge >= 0.3 is 0 Å². The van der Waals surface area contributed by atoms with Crippen LogP contribution in [0.4, 0.5) is 5.69 Å². The number of para-hydroxylation sites is 1. The average Bonchev–Trinajstić information content (AvgIpc) is 2.45. The number of methoxy groups -OCH3 is 1. The predicted octanol–water partition coefficient (Wildman–Crippen LogP) is 1.34. The Labute approximate surface area is 118 Å². The Hall–Kier alpha value is -1.88. The topological polar surface area (TPSA) is 67.4 Å². The summed E-state index contributed by atoms with van der Waals surface area (Å²) in [5.41, 5.74) is 2.02. The van der Waals surface area contributed by atoms with Gasteiger partial charge < -0.3 is 15.4 Å². The first-order chi connectivity index (χ1) is 9.70. The van der Waals surface area contributed by atoms with E-state index >= 15 is 0 Å². The summed E-state index contributed by atoms with van der Waals surface area (Å²) in [4.78, 5) is 23.6. The van der Waals surface area contributed by atoms with Crippen molar-refractivity contribution in [3.05, 3.63) is 29.8 Å². The third kappa shape index (κ3) is 3.81. The summed E-state index contributed by atoms with van der Waals surface area (Å²) >= 11 is 0. The highest BCUT2D eigenvalue weighted by atomic mass is 16.5. The lowest BCUT2D eigenvalue weighted by Crippen LogP contribution is -2.32. The van der Waals surface area contributed by atoms with Gasteiger partial charge in [-0.05, 0) is 24.5 Å². The van der Waals surface area contributed by atoms with E-state index in [1.807, 2.05) is 24.3 Å².